The first-order valence-electron chi connectivity index (χ1n) is 8.69. The van der Waals surface area contributed by atoms with Crippen molar-refractivity contribution in [3.05, 3.63) is 47.0 Å². The maximum Gasteiger partial charge on any atom is 0.227 e. The van der Waals surface area contributed by atoms with Gasteiger partial charge in [-0.25, -0.2) is 0 Å². The van der Waals surface area contributed by atoms with Gasteiger partial charge in [-0.15, -0.1) is 6.58 Å². The highest BCUT2D eigenvalue weighted by Crippen LogP contribution is 2.64. The van der Waals surface area contributed by atoms with Gasteiger partial charge in [0, 0.05) is 28.1 Å². The molecule has 2 fully saturated rings. The summed E-state index contributed by atoms with van der Waals surface area (Å²) >= 11 is 0. The molecule has 2 N–H and O–H groups in total. The monoisotopic (exact) mass is 328 g/mol. The van der Waals surface area contributed by atoms with Crippen LogP contribution >= 0.6 is 0 Å². The zero-order valence-corrected chi connectivity index (χ0v) is 14.3. The number of hydrogen-bond donors (Lipinski definition) is 2. The van der Waals surface area contributed by atoms with Crippen molar-refractivity contribution in [2.45, 2.75) is 45.6 Å². The largest absolute Gasteiger partial charge is 0.507 e. The van der Waals surface area contributed by atoms with Gasteiger partial charge in [-0.1, -0.05) is 26.3 Å². The van der Waals surface area contributed by atoms with E-state index in [0.29, 0.717) is 17.8 Å². The fraction of sp³-hybridized carbons (Fsp3) is 0.550. The molecule has 0 spiro atoms. The zero-order chi connectivity index (χ0) is 17.3. The van der Waals surface area contributed by atoms with Crippen LogP contribution in [0.25, 0.3) is 0 Å². The molecule has 1 saturated carbocycles. The Kier molecular flexibility index (Phi) is 3.17. The lowest BCUT2D eigenvalue weighted by atomic mass is 9.49. The number of ketones is 1. The lowest BCUT2D eigenvalue weighted by Crippen LogP contribution is -2.50. The number of aliphatic hydroxyl groups excluding tert-OH is 2. The second kappa shape index (κ2) is 4.85. The Balaban J connectivity index is 1.95. The molecule has 0 aromatic heterocycles. The maximum atomic E-state index is 12.6. The number of rotatable bonds is 2. The lowest BCUT2D eigenvalue weighted by Gasteiger charge is -2.53. The number of carbonyl (C=O) groups excluding carboxylic acids is 1. The van der Waals surface area contributed by atoms with E-state index in [2.05, 4.69) is 20.4 Å². The Morgan fingerprint density at radius 1 is 1.33 bits per heavy atom. The van der Waals surface area contributed by atoms with Crippen LogP contribution < -0.4 is 0 Å². The van der Waals surface area contributed by atoms with Crippen molar-refractivity contribution in [3.8, 4) is 0 Å². The summed E-state index contributed by atoms with van der Waals surface area (Å²) in [6, 6.07) is 0. The van der Waals surface area contributed by atoms with Gasteiger partial charge in [0.1, 0.15) is 5.76 Å². The summed E-state index contributed by atoms with van der Waals surface area (Å²) in [5, 5.41) is 21.5. The maximum absolute atomic E-state index is 12.6. The van der Waals surface area contributed by atoms with E-state index in [9.17, 15) is 15.0 Å². The molecule has 128 valence electrons. The summed E-state index contributed by atoms with van der Waals surface area (Å²) < 4.78 is 6.07. The van der Waals surface area contributed by atoms with Gasteiger partial charge in [-0.05, 0) is 30.8 Å². The van der Waals surface area contributed by atoms with E-state index >= 15 is 0 Å². The van der Waals surface area contributed by atoms with Crippen molar-refractivity contribution in [1.82, 2.24) is 0 Å². The van der Waals surface area contributed by atoms with E-state index in [1.54, 1.807) is 6.08 Å². The molecular weight excluding hydrogens is 304 g/mol. The molecule has 4 rings (SSSR count). The van der Waals surface area contributed by atoms with Crippen molar-refractivity contribution in [2.75, 3.05) is 6.61 Å². The number of carbonyl (C=O) groups is 1. The van der Waals surface area contributed by atoms with E-state index < -0.39 is 5.78 Å². The predicted octanol–water partition coefficient (Wildman–Crippen LogP) is 3.92. The first-order valence-corrected chi connectivity index (χ1v) is 8.69. The molecule has 24 heavy (non-hydrogen) atoms. The van der Waals surface area contributed by atoms with Crippen LogP contribution in [-0.2, 0) is 9.53 Å². The third-order valence-electron chi connectivity index (χ3n) is 6.60. The minimum absolute atomic E-state index is 0.0184. The van der Waals surface area contributed by atoms with Gasteiger partial charge in [0.2, 0.25) is 5.78 Å². The molecule has 4 aliphatic rings. The molecular formula is C20H24O4. The molecule has 3 aliphatic carbocycles. The van der Waals surface area contributed by atoms with Crippen LogP contribution in [0.4, 0.5) is 0 Å². The summed E-state index contributed by atoms with van der Waals surface area (Å²) in [4.78, 5) is 12.6. The van der Waals surface area contributed by atoms with Crippen LogP contribution in [0.5, 0.6) is 0 Å². The molecule has 1 saturated heterocycles. The SMILES string of the molecule is C=CCC1=C(O)C2=CC3OCC4(C)CCCC(C)(C2=C(O)C1=O)C34. The molecule has 4 heteroatoms. The highest BCUT2D eigenvalue weighted by atomic mass is 16.5. The summed E-state index contributed by atoms with van der Waals surface area (Å²) in [5.41, 5.74) is 1.12. The summed E-state index contributed by atoms with van der Waals surface area (Å²) in [7, 11) is 0. The van der Waals surface area contributed by atoms with Crippen molar-refractivity contribution in [3.63, 3.8) is 0 Å². The van der Waals surface area contributed by atoms with Crippen molar-refractivity contribution in [2.24, 2.45) is 16.7 Å². The van der Waals surface area contributed by atoms with E-state index in [-0.39, 0.29) is 46.4 Å². The second-order valence-corrected chi connectivity index (χ2v) is 8.13. The van der Waals surface area contributed by atoms with E-state index in [1.165, 1.54) is 0 Å². The average Bonchev–Trinajstić information content (AvgIpc) is 2.88. The summed E-state index contributed by atoms with van der Waals surface area (Å²) in [5.74, 6) is -0.463. The predicted molar refractivity (Wildman–Crippen MR) is 90.5 cm³/mol. The van der Waals surface area contributed by atoms with E-state index in [1.807, 2.05) is 6.08 Å². The molecule has 0 amide bonds. The highest BCUT2D eigenvalue weighted by Gasteiger charge is 2.61. The third-order valence-corrected chi connectivity index (χ3v) is 6.60. The second-order valence-electron chi connectivity index (χ2n) is 8.13. The Morgan fingerprint density at radius 3 is 2.79 bits per heavy atom. The van der Waals surface area contributed by atoms with Gasteiger partial charge in [-0.3, -0.25) is 4.79 Å². The zero-order valence-electron chi connectivity index (χ0n) is 14.3. The molecule has 0 radical (unpaired) electrons. The normalized spacial score (nSPS) is 41.1. The van der Waals surface area contributed by atoms with Crippen molar-refractivity contribution >= 4 is 5.78 Å². The molecule has 0 aromatic carbocycles. The van der Waals surface area contributed by atoms with Gasteiger partial charge in [0.05, 0.1) is 12.7 Å². The van der Waals surface area contributed by atoms with E-state index in [0.717, 1.165) is 19.3 Å². The molecule has 4 unspecified atom stereocenters. The van der Waals surface area contributed by atoms with Gasteiger partial charge < -0.3 is 14.9 Å². The minimum atomic E-state index is -0.467. The molecule has 4 nitrogen and oxygen atoms in total. The number of allylic oxidation sites excluding steroid dienone is 3. The van der Waals surface area contributed by atoms with Gasteiger partial charge in [-0.2, -0.15) is 0 Å². The Bertz CT molecular complexity index is 741. The van der Waals surface area contributed by atoms with Crippen LogP contribution in [0.3, 0.4) is 0 Å². The van der Waals surface area contributed by atoms with Crippen LogP contribution in [-0.4, -0.2) is 28.7 Å². The number of Topliss-reactive ketones (excluding diaryl/α,β-unsaturated/α-hetero) is 1. The van der Waals surface area contributed by atoms with Crippen molar-refractivity contribution < 1.29 is 19.7 Å². The van der Waals surface area contributed by atoms with Gasteiger partial charge in [0.15, 0.2) is 5.76 Å². The first kappa shape index (κ1) is 15.7. The fourth-order valence-corrected chi connectivity index (χ4v) is 5.68. The van der Waals surface area contributed by atoms with Crippen LogP contribution in [0, 0.1) is 16.7 Å². The summed E-state index contributed by atoms with van der Waals surface area (Å²) in [6.07, 6.45) is 6.66. The Labute approximate surface area is 142 Å². The van der Waals surface area contributed by atoms with Gasteiger partial charge in [0.25, 0.3) is 0 Å². The van der Waals surface area contributed by atoms with Crippen molar-refractivity contribution in [1.29, 1.82) is 0 Å². The highest BCUT2D eigenvalue weighted by molar-refractivity contribution is 6.10. The third kappa shape index (κ3) is 1.75. The number of ether oxygens (including phenoxy) is 1. The Morgan fingerprint density at radius 2 is 2.08 bits per heavy atom. The Hall–Kier alpha value is -1.81. The topological polar surface area (TPSA) is 66.8 Å². The van der Waals surface area contributed by atoms with Crippen LogP contribution in [0.2, 0.25) is 0 Å². The average molecular weight is 328 g/mol. The smallest absolute Gasteiger partial charge is 0.227 e. The lowest BCUT2D eigenvalue weighted by molar-refractivity contribution is -0.115. The number of aliphatic hydroxyl groups is 2. The van der Waals surface area contributed by atoms with Crippen LogP contribution in [0.1, 0.15) is 39.5 Å². The van der Waals surface area contributed by atoms with Gasteiger partial charge >= 0.3 is 0 Å². The standard InChI is InChI=1S/C20H24O4/c1-4-6-11-15(21)12-9-13-18-19(2,10-24-13)7-5-8-20(18,3)14(12)17(23)16(11)22/h4,9,13,18,21,23H,1,5-8,10H2,2-3H3. The molecule has 4 atom stereocenters. The quantitative estimate of drug-likeness (QED) is 0.754. The van der Waals surface area contributed by atoms with E-state index in [4.69, 9.17) is 4.74 Å². The number of fused-ring (bicyclic) bond motifs is 2. The first-order chi connectivity index (χ1) is 11.3. The molecule has 0 aromatic rings. The molecule has 1 heterocycles. The summed E-state index contributed by atoms with van der Waals surface area (Å²) in [6.45, 7) is 8.69. The number of hydrogen-bond acceptors (Lipinski definition) is 4. The fourth-order valence-electron chi connectivity index (χ4n) is 5.68. The molecule has 0 bridgehead atoms. The van der Waals surface area contributed by atoms with Crippen LogP contribution in [0.15, 0.2) is 47.0 Å². The minimum Gasteiger partial charge on any atom is -0.507 e. The molecule has 1 aliphatic heterocycles.